The van der Waals surface area contributed by atoms with Crippen LogP contribution in [0.5, 0.6) is 0 Å². The monoisotopic (exact) mass is 463 g/mol. The molecule has 3 aromatic rings. The van der Waals surface area contributed by atoms with Gasteiger partial charge in [-0.1, -0.05) is 15.9 Å². The molecular weight excluding hydrogens is 444 g/mol. The minimum absolute atomic E-state index is 0.198. The first kappa shape index (κ1) is 18.7. The number of fused-ring (bicyclic) bond motifs is 3. The number of benzene rings is 1. The van der Waals surface area contributed by atoms with Crippen LogP contribution >= 0.6 is 15.9 Å². The average Bonchev–Trinajstić information content (AvgIpc) is 3.05. The summed E-state index contributed by atoms with van der Waals surface area (Å²) in [5.41, 5.74) is 2.92. The quantitative estimate of drug-likeness (QED) is 0.624. The molecule has 2 bridgehead atoms. The van der Waals surface area contributed by atoms with Crippen molar-refractivity contribution in [2.75, 3.05) is 18.0 Å². The zero-order chi connectivity index (χ0) is 20.5. The van der Waals surface area contributed by atoms with Crippen LogP contribution in [-0.2, 0) is 0 Å². The van der Waals surface area contributed by atoms with Gasteiger partial charge in [-0.25, -0.2) is 13.5 Å². The minimum Gasteiger partial charge on any atom is -0.341 e. The van der Waals surface area contributed by atoms with Crippen LogP contribution in [0.25, 0.3) is 16.7 Å². The van der Waals surface area contributed by atoms with Gasteiger partial charge in [0.05, 0.1) is 5.69 Å². The fraction of sp³-hybridized carbons (Fsp3) is 0.450. The smallest absolute Gasteiger partial charge is 0.263 e. The number of rotatable bonds is 2. The van der Waals surface area contributed by atoms with Gasteiger partial charge in [0.25, 0.3) is 11.5 Å². The van der Waals surface area contributed by atoms with Crippen molar-refractivity contribution in [1.82, 2.24) is 19.7 Å². The number of hydrogen-bond donors (Lipinski definition) is 1. The Morgan fingerprint density at radius 2 is 1.79 bits per heavy atom. The largest absolute Gasteiger partial charge is 0.341 e. The standard InChI is InChI=1S/C20H20BrF2N5O/c1-10-5-14(21)6-11(2)16(10)28-9-15-17(26-28)24-19(25-18(15)29)27-7-12-3-4-13(8-27)20(12,22)23/h5-6,9,12-13H,3-4,7-8H2,1-2H3,(H,24,25,26,29). The number of piperidine rings is 1. The molecule has 2 unspecified atom stereocenters. The van der Waals surface area contributed by atoms with Crippen molar-refractivity contribution >= 4 is 32.9 Å². The predicted octanol–water partition coefficient (Wildman–Crippen LogP) is 3.97. The molecule has 2 fully saturated rings. The predicted molar refractivity (Wildman–Crippen MR) is 110 cm³/mol. The number of H-pyrrole nitrogens is 1. The van der Waals surface area contributed by atoms with E-state index in [2.05, 4.69) is 31.0 Å². The molecule has 1 aliphatic heterocycles. The lowest BCUT2D eigenvalue weighted by molar-refractivity contribution is -0.0831. The number of aryl methyl sites for hydroxylation is 2. The van der Waals surface area contributed by atoms with Crippen molar-refractivity contribution in [3.05, 3.63) is 44.3 Å². The van der Waals surface area contributed by atoms with E-state index in [-0.39, 0.29) is 18.6 Å². The Morgan fingerprint density at radius 1 is 1.17 bits per heavy atom. The second-order valence-corrected chi connectivity index (χ2v) is 9.06. The molecule has 1 saturated carbocycles. The molecule has 6 nitrogen and oxygen atoms in total. The summed E-state index contributed by atoms with van der Waals surface area (Å²) in [6, 6.07) is 3.98. The van der Waals surface area contributed by atoms with Gasteiger partial charge in [-0.15, -0.1) is 5.10 Å². The number of halogens is 3. The van der Waals surface area contributed by atoms with E-state index < -0.39 is 17.8 Å². The number of hydrogen-bond acceptors (Lipinski definition) is 4. The Labute approximate surface area is 174 Å². The Balaban J connectivity index is 1.56. The summed E-state index contributed by atoms with van der Waals surface area (Å²) in [4.78, 5) is 21.7. The van der Waals surface area contributed by atoms with E-state index in [1.54, 1.807) is 15.8 Å². The van der Waals surface area contributed by atoms with Gasteiger partial charge in [0.2, 0.25) is 5.95 Å². The maximum absolute atomic E-state index is 14.2. The molecule has 1 N–H and O–H groups in total. The van der Waals surface area contributed by atoms with E-state index in [9.17, 15) is 13.6 Å². The van der Waals surface area contributed by atoms with Crippen LogP contribution in [0.15, 0.2) is 27.6 Å². The molecule has 1 saturated heterocycles. The number of aromatic amines is 1. The van der Waals surface area contributed by atoms with Crippen molar-refractivity contribution in [3.8, 4) is 5.69 Å². The SMILES string of the molecule is Cc1cc(Br)cc(C)c1-n1cc2c(=O)[nH]c(N3CC4CCC(C3)C4(F)F)nc2n1. The molecule has 1 aromatic carbocycles. The van der Waals surface area contributed by atoms with E-state index in [0.29, 0.717) is 29.8 Å². The van der Waals surface area contributed by atoms with Crippen molar-refractivity contribution < 1.29 is 8.78 Å². The highest BCUT2D eigenvalue weighted by Gasteiger charge is 2.56. The lowest BCUT2D eigenvalue weighted by atomic mass is 9.94. The van der Waals surface area contributed by atoms with Gasteiger partial charge in [-0.3, -0.25) is 9.78 Å². The molecule has 2 aliphatic rings. The van der Waals surface area contributed by atoms with Gasteiger partial charge >= 0.3 is 0 Å². The van der Waals surface area contributed by atoms with Gasteiger partial charge in [0.1, 0.15) is 5.39 Å². The zero-order valence-corrected chi connectivity index (χ0v) is 17.6. The van der Waals surface area contributed by atoms with E-state index in [1.165, 1.54) is 0 Å². The third-order valence-electron chi connectivity index (χ3n) is 6.19. The molecule has 0 amide bonds. The summed E-state index contributed by atoms with van der Waals surface area (Å²) in [6.45, 7) is 4.35. The molecule has 5 rings (SSSR count). The highest BCUT2D eigenvalue weighted by molar-refractivity contribution is 9.10. The van der Waals surface area contributed by atoms with Gasteiger partial charge in [-0.2, -0.15) is 4.98 Å². The molecule has 1 aliphatic carbocycles. The van der Waals surface area contributed by atoms with E-state index in [0.717, 1.165) is 21.3 Å². The Bertz CT molecular complexity index is 1150. The van der Waals surface area contributed by atoms with Crippen LogP contribution in [0, 0.1) is 25.7 Å². The molecule has 0 radical (unpaired) electrons. The van der Waals surface area contributed by atoms with Crippen LogP contribution < -0.4 is 10.5 Å². The summed E-state index contributed by atoms with van der Waals surface area (Å²) < 4.78 is 31.1. The van der Waals surface area contributed by atoms with Crippen LogP contribution in [0.4, 0.5) is 14.7 Å². The average molecular weight is 464 g/mol. The summed E-state index contributed by atoms with van der Waals surface area (Å²) in [7, 11) is 0. The number of nitrogens with one attached hydrogen (secondary N) is 1. The van der Waals surface area contributed by atoms with Crippen molar-refractivity contribution in [2.24, 2.45) is 11.8 Å². The minimum atomic E-state index is -2.63. The Hall–Kier alpha value is -2.29. The highest BCUT2D eigenvalue weighted by atomic mass is 79.9. The topological polar surface area (TPSA) is 66.8 Å². The van der Waals surface area contributed by atoms with Crippen LogP contribution in [0.2, 0.25) is 0 Å². The summed E-state index contributed by atoms with van der Waals surface area (Å²) in [6.07, 6.45) is 2.69. The first-order valence-electron chi connectivity index (χ1n) is 9.63. The first-order chi connectivity index (χ1) is 13.7. The molecule has 152 valence electrons. The third-order valence-corrected chi connectivity index (χ3v) is 6.65. The van der Waals surface area contributed by atoms with E-state index in [1.807, 2.05) is 26.0 Å². The van der Waals surface area contributed by atoms with Crippen molar-refractivity contribution in [2.45, 2.75) is 32.6 Å². The molecular formula is C20H20BrF2N5O. The lowest BCUT2D eigenvalue weighted by Gasteiger charge is -2.37. The first-order valence-corrected chi connectivity index (χ1v) is 10.4. The van der Waals surface area contributed by atoms with Crippen LogP contribution in [-0.4, -0.2) is 38.8 Å². The second kappa shape index (κ2) is 6.35. The number of alkyl halides is 2. The maximum atomic E-state index is 14.2. The number of nitrogens with zero attached hydrogens (tertiary/aromatic N) is 4. The Kier molecular flexibility index (Phi) is 4.10. The fourth-order valence-corrected chi connectivity index (χ4v) is 5.45. The van der Waals surface area contributed by atoms with E-state index in [4.69, 9.17) is 0 Å². The van der Waals surface area contributed by atoms with Gasteiger partial charge in [-0.05, 0) is 49.9 Å². The molecule has 0 spiro atoms. The second-order valence-electron chi connectivity index (χ2n) is 8.14. The molecule has 29 heavy (non-hydrogen) atoms. The third kappa shape index (κ3) is 2.89. The van der Waals surface area contributed by atoms with Gasteiger partial charge in [0.15, 0.2) is 5.65 Å². The van der Waals surface area contributed by atoms with Crippen LogP contribution in [0.3, 0.4) is 0 Å². The Morgan fingerprint density at radius 3 is 2.41 bits per heavy atom. The van der Waals surface area contributed by atoms with Gasteiger partial charge in [0, 0.05) is 35.6 Å². The summed E-state index contributed by atoms with van der Waals surface area (Å²) in [5, 5.41) is 4.90. The maximum Gasteiger partial charge on any atom is 0.263 e. The molecule has 3 heterocycles. The molecule has 2 aromatic heterocycles. The van der Waals surface area contributed by atoms with E-state index >= 15 is 0 Å². The fourth-order valence-electron chi connectivity index (χ4n) is 4.76. The summed E-state index contributed by atoms with van der Waals surface area (Å²) in [5.74, 6) is -3.68. The molecule has 9 heteroatoms. The highest BCUT2D eigenvalue weighted by Crippen LogP contribution is 2.49. The normalized spacial score (nSPS) is 23.1. The zero-order valence-electron chi connectivity index (χ0n) is 16.0. The number of aromatic nitrogens is 4. The van der Waals surface area contributed by atoms with Gasteiger partial charge < -0.3 is 4.90 Å². The molecule has 2 atom stereocenters. The van der Waals surface area contributed by atoms with Crippen LogP contribution in [0.1, 0.15) is 24.0 Å². The summed E-state index contributed by atoms with van der Waals surface area (Å²) >= 11 is 3.49. The van der Waals surface area contributed by atoms with Crippen molar-refractivity contribution in [3.63, 3.8) is 0 Å². The van der Waals surface area contributed by atoms with Crippen molar-refractivity contribution in [1.29, 1.82) is 0 Å². The number of anilines is 1. The lowest BCUT2D eigenvalue weighted by Crippen LogP contribution is -2.49.